The molecule has 1 aliphatic heterocycles. The second-order valence-corrected chi connectivity index (χ2v) is 6.19. The van der Waals surface area contributed by atoms with Crippen molar-refractivity contribution in [3.63, 3.8) is 0 Å². The number of carbonyl (C=O) groups is 2. The molecule has 1 saturated heterocycles. The zero-order valence-corrected chi connectivity index (χ0v) is 13.2. The molecule has 1 heterocycles. The third-order valence-electron chi connectivity index (χ3n) is 4.18. The van der Waals surface area contributed by atoms with E-state index in [1.807, 2.05) is 0 Å². The predicted molar refractivity (Wildman–Crippen MR) is 87.0 cm³/mol. The van der Waals surface area contributed by atoms with E-state index in [1.165, 1.54) is 24.3 Å². The number of thiocarbonyl (C=S) groups is 1. The fourth-order valence-electron chi connectivity index (χ4n) is 3.01. The fourth-order valence-corrected chi connectivity index (χ4v) is 3.22. The number of carbonyl (C=O) groups excluding carboxylic acids is 2. The van der Waals surface area contributed by atoms with E-state index in [4.69, 9.17) is 12.2 Å². The van der Waals surface area contributed by atoms with Gasteiger partial charge in [0, 0.05) is 5.69 Å². The molecule has 8 heteroatoms. The molecule has 2 aliphatic rings. The highest BCUT2D eigenvalue weighted by atomic mass is 32.1. The Morgan fingerprint density at radius 1 is 1.17 bits per heavy atom. The van der Waals surface area contributed by atoms with Crippen LogP contribution in [0.3, 0.4) is 0 Å². The second-order valence-electron chi connectivity index (χ2n) is 5.79. The maximum Gasteiger partial charge on any atom is 0.344 e. The first-order chi connectivity index (χ1) is 11.0. The minimum atomic E-state index is -0.798. The van der Waals surface area contributed by atoms with Crippen LogP contribution in [0.4, 0.5) is 14.9 Å². The third kappa shape index (κ3) is 3.12. The van der Waals surface area contributed by atoms with Crippen LogP contribution in [-0.2, 0) is 4.79 Å². The van der Waals surface area contributed by atoms with Crippen molar-refractivity contribution in [2.75, 3.05) is 5.32 Å². The van der Waals surface area contributed by atoms with E-state index in [1.54, 1.807) is 0 Å². The number of imide groups is 1. The van der Waals surface area contributed by atoms with E-state index < -0.39 is 11.6 Å². The first kappa shape index (κ1) is 15.7. The van der Waals surface area contributed by atoms with Crippen LogP contribution >= 0.6 is 12.2 Å². The molecule has 122 valence electrons. The molecule has 3 N–H and O–H groups in total. The largest absolute Gasteiger partial charge is 0.344 e. The Morgan fingerprint density at radius 2 is 1.83 bits per heavy atom. The van der Waals surface area contributed by atoms with Crippen LogP contribution in [0.5, 0.6) is 0 Å². The van der Waals surface area contributed by atoms with Gasteiger partial charge in [0.2, 0.25) is 0 Å². The lowest BCUT2D eigenvalue weighted by Crippen LogP contribution is -2.51. The molecule has 1 aliphatic carbocycles. The summed E-state index contributed by atoms with van der Waals surface area (Å²) in [5.41, 5.74) is 2.37. The van der Waals surface area contributed by atoms with Crippen molar-refractivity contribution in [2.24, 2.45) is 0 Å². The summed E-state index contributed by atoms with van der Waals surface area (Å²) >= 11 is 5.11. The van der Waals surface area contributed by atoms with E-state index in [0.717, 1.165) is 24.3 Å². The van der Waals surface area contributed by atoms with Crippen LogP contribution in [0.1, 0.15) is 32.1 Å². The molecule has 2 fully saturated rings. The van der Waals surface area contributed by atoms with Gasteiger partial charge in [0.15, 0.2) is 5.11 Å². The molecule has 0 aromatic heterocycles. The summed E-state index contributed by atoms with van der Waals surface area (Å²) in [5, 5.41) is 6.60. The maximum atomic E-state index is 12.9. The molecule has 0 radical (unpaired) electrons. The quantitative estimate of drug-likeness (QED) is 0.571. The minimum absolute atomic E-state index is 0.0907. The Hall–Kier alpha value is -2.22. The van der Waals surface area contributed by atoms with Crippen LogP contribution in [0.2, 0.25) is 0 Å². The number of halogens is 1. The van der Waals surface area contributed by atoms with E-state index in [9.17, 15) is 14.0 Å². The normalized spacial score (nSPS) is 19.6. The summed E-state index contributed by atoms with van der Waals surface area (Å²) in [4.78, 5) is 24.7. The van der Waals surface area contributed by atoms with Crippen molar-refractivity contribution in [2.45, 2.75) is 37.6 Å². The van der Waals surface area contributed by atoms with Gasteiger partial charge in [-0.1, -0.05) is 19.3 Å². The predicted octanol–water partition coefficient (Wildman–Crippen LogP) is 2.28. The van der Waals surface area contributed by atoms with Gasteiger partial charge in [0.1, 0.15) is 11.4 Å². The monoisotopic (exact) mass is 336 g/mol. The first-order valence-corrected chi connectivity index (χ1v) is 7.91. The first-order valence-electron chi connectivity index (χ1n) is 7.50. The molecule has 23 heavy (non-hydrogen) atoms. The summed E-state index contributed by atoms with van der Waals surface area (Å²) in [6.07, 6.45) is 4.20. The highest BCUT2D eigenvalue weighted by Gasteiger charge is 2.51. The molecule has 1 aromatic rings. The number of nitrogens with one attached hydrogen (secondary N) is 3. The van der Waals surface area contributed by atoms with Gasteiger partial charge in [-0.05, 0) is 49.3 Å². The second kappa shape index (κ2) is 6.11. The van der Waals surface area contributed by atoms with Gasteiger partial charge in [0.05, 0.1) is 0 Å². The summed E-state index contributed by atoms with van der Waals surface area (Å²) in [5.74, 6) is -0.659. The van der Waals surface area contributed by atoms with Gasteiger partial charge >= 0.3 is 6.03 Å². The lowest BCUT2D eigenvalue weighted by atomic mass is 9.82. The molecule has 0 atom stereocenters. The van der Waals surface area contributed by atoms with Crippen LogP contribution in [0.25, 0.3) is 0 Å². The summed E-state index contributed by atoms with van der Waals surface area (Å²) < 4.78 is 12.9. The van der Waals surface area contributed by atoms with Crippen molar-refractivity contribution >= 4 is 35.0 Å². The third-order valence-corrected chi connectivity index (χ3v) is 4.38. The number of nitrogens with zero attached hydrogens (tertiary/aromatic N) is 1. The van der Waals surface area contributed by atoms with E-state index in [2.05, 4.69) is 16.1 Å². The zero-order valence-electron chi connectivity index (χ0n) is 12.4. The number of urea groups is 1. The molecule has 1 spiro atoms. The van der Waals surface area contributed by atoms with Gasteiger partial charge in [-0.3, -0.25) is 10.2 Å². The van der Waals surface area contributed by atoms with Crippen LogP contribution in [0.15, 0.2) is 24.3 Å². The van der Waals surface area contributed by atoms with Crippen molar-refractivity contribution in [1.82, 2.24) is 15.8 Å². The molecule has 3 rings (SSSR count). The van der Waals surface area contributed by atoms with Crippen molar-refractivity contribution in [3.05, 3.63) is 30.1 Å². The molecular weight excluding hydrogens is 319 g/mol. The standard InChI is InChI=1S/C15H17FN4O2S/c16-10-4-6-11(7-5-10)17-13(23)19-20-12(21)15(18-14(20)22)8-2-1-3-9-15/h4-7H,1-3,8-9H2,(H,18,22)(H2,17,19,23). The molecule has 0 unspecified atom stereocenters. The van der Waals surface area contributed by atoms with Crippen molar-refractivity contribution in [3.8, 4) is 0 Å². The van der Waals surface area contributed by atoms with Crippen LogP contribution in [0, 0.1) is 5.82 Å². The lowest BCUT2D eigenvalue weighted by Gasteiger charge is -2.30. The number of hydrogen-bond acceptors (Lipinski definition) is 3. The molecule has 1 saturated carbocycles. The van der Waals surface area contributed by atoms with Gasteiger partial charge in [-0.15, -0.1) is 0 Å². The van der Waals surface area contributed by atoms with Crippen molar-refractivity contribution in [1.29, 1.82) is 0 Å². The zero-order chi connectivity index (χ0) is 16.4. The Bertz CT molecular complexity index is 643. The molecule has 1 aromatic carbocycles. The molecule has 3 amide bonds. The number of rotatable bonds is 2. The highest BCUT2D eigenvalue weighted by molar-refractivity contribution is 7.80. The van der Waals surface area contributed by atoms with E-state index in [-0.39, 0.29) is 16.8 Å². The Kier molecular flexibility index (Phi) is 4.16. The molecular formula is C15H17FN4O2S. The average Bonchev–Trinajstić information content (AvgIpc) is 2.75. The van der Waals surface area contributed by atoms with Gasteiger partial charge in [-0.25, -0.2) is 9.18 Å². The van der Waals surface area contributed by atoms with Crippen LogP contribution < -0.4 is 16.1 Å². The summed E-state index contributed by atoms with van der Waals surface area (Å²) in [6.45, 7) is 0. The molecule has 6 nitrogen and oxygen atoms in total. The van der Waals surface area contributed by atoms with Gasteiger partial charge in [0.25, 0.3) is 5.91 Å². The average molecular weight is 336 g/mol. The molecule has 0 bridgehead atoms. The Morgan fingerprint density at radius 3 is 2.48 bits per heavy atom. The smallest absolute Gasteiger partial charge is 0.331 e. The summed E-state index contributed by atoms with van der Waals surface area (Å²) in [6, 6.07) is 5.10. The summed E-state index contributed by atoms with van der Waals surface area (Å²) in [7, 11) is 0. The Labute approximate surface area is 138 Å². The maximum absolute atomic E-state index is 12.9. The SMILES string of the molecule is O=C1NC2(CCCCC2)C(=O)N1NC(=S)Nc1ccc(F)cc1. The fraction of sp³-hybridized carbons (Fsp3) is 0.400. The number of hydrogen-bond donors (Lipinski definition) is 3. The number of amides is 3. The number of hydrazine groups is 1. The number of anilines is 1. The van der Waals surface area contributed by atoms with E-state index in [0.29, 0.717) is 18.5 Å². The van der Waals surface area contributed by atoms with Gasteiger partial charge in [-0.2, -0.15) is 5.01 Å². The lowest BCUT2D eigenvalue weighted by molar-refractivity contribution is -0.133. The topological polar surface area (TPSA) is 73.5 Å². The van der Waals surface area contributed by atoms with E-state index >= 15 is 0 Å². The highest BCUT2D eigenvalue weighted by Crippen LogP contribution is 2.32. The van der Waals surface area contributed by atoms with Crippen molar-refractivity contribution < 1.29 is 14.0 Å². The minimum Gasteiger partial charge on any atom is -0.331 e. The number of benzene rings is 1. The Balaban J connectivity index is 1.65. The van der Waals surface area contributed by atoms with Gasteiger partial charge < -0.3 is 10.6 Å². The van der Waals surface area contributed by atoms with Crippen LogP contribution in [-0.4, -0.2) is 27.6 Å².